The SMILES string of the molecule is CNCCN(C)CC1CC(F)(F)C(=O)O1. The maximum Gasteiger partial charge on any atom is 0.377 e. The van der Waals surface area contributed by atoms with Crippen LogP contribution < -0.4 is 5.32 Å². The summed E-state index contributed by atoms with van der Waals surface area (Å²) in [5.41, 5.74) is 0. The van der Waals surface area contributed by atoms with Crippen molar-refractivity contribution in [2.75, 3.05) is 33.7 Å². The number of carbonyl (C=O) groups is 1. The number of nitrogens with zero attached hydrogens (tertiary/aromatic N) is 1. The fourth-order valence-corrected chi connectivity index (χ4v) is 1.49. The zero-order valence-electron chi connectivity index (χ0n) is 8.93. The second-order valence-electron chi connectivity index (χ2n) is 3.80. The number of rotatable bonds is 5. The Morgan fingerprint density at radius 2 is 2.33 bits per heavy atom. The molecule has 0 aromatic carbocycles. The minimum absolute atomic E-state index is 0.350. The van der Waals surface area contributed by atoms with E-state index >= 15 is 0 Å². The van der Waals surface area contributed by atoms with Crippen LogP contribution in [0.15, 0.2) is 0 Å². The number of hydrogen-bond acceptors (Lipinski definition) is 4. The summed E-state index contributed by atoms with van der Waals surface area (Å²) < 4.78 is 30.1. The van der Waals surface area contributed by atoms with Gasteiger partial charge in [0.15, 0.2) is 0 Å². The predicted molar refractivity (Wildman–Crippen MR) is 50.9 cm³/mol. The highest BCUT2D eigenvalue weighted by Crippen LogP contribution is 2.30. The third-order valence-corrected chi connectivity index (χ3v) is 2.32. The summed E-state index contributed by atoms with van der Waals surface area (Å²) >= 11 is 0. The van der Waals surface area contributed by atoms with Gasteiger partial charge in [-0.25, -0.2) is 4.79 Å². The van der Waals surface area contributed by atoms with Gasteiger partial charge in [0.1, 0.15) is 6.10 Å². The first-order chi connectivity index (χ1) is 6.95. The molecule has 0 aromatic rings. The largest absolute Gasteiger partial charge is 0.456 e. The molecule has 1 N–H and O–H groups in total. The van der Waals surface area contributed by atoms with E-state index in [0.717, 1.165) is 13.1 Å². The molecule has 1 unspecified atom stereocenters. The summed E-state index contributed by atoms with van der Waals surface area (Å²) in [6.07, 6.45) is -1.19. The highest BCUT2D eigenvalue weighted by atomic mass is 19.3. The molecule has 1 saturated heterocycles. The first-order valence-electron chi connectivity index (χ1n) is 4.88. The third kappa shape index (κ3) is 3.39. The predicted octanol–water partition coefficient (Wildman–Crippen LogP) is 0.0884. The smallest absolute Gasteiger partial charge is 0.377 e. The van der Waals surface area contributed by atoms with Gasteiger partial charge < -0.3 is 15.0 Å². The summed E-state index contributed by atoms with van der Waals surface area (Å²) in [5.74, 6) is -4.69. The molecule has 0 saturated carbocycles. The Kier molecular flexibility index (Phi) is 3.98. The van der Waals surface area contributed by atoms with Crippen molar-refractivity contribution in [2.24, 2.45) is 0 Å². The lowest BCUT2D eigenvalue weighted by molar-refractivity contribution is -0.159. The molecular formula is C9H16F2N2O2. The van der Waals surface area contributed by atoms with Crippen molar-refractivity contribution in [3.05, 3.63) is 0 Å². The number of halogens is 2. The molecular weight excluding hydrogens is 206 g/mol. The van der Waals surface area contributed by atoms with Crippen LogP contribution in [0.2, 0.25) is 0 Å². The van der Waals surface area contributed by atoms with Gasteiger partial charge in [0.05, 0.1) is 6.42 Å². The lowest BCUT2D eigenvalue weighted by atomic mass is 10.2. The molecule has 1 aliphatic heterocycles. The normalized spacial score (nSPS) is 24.6. The van der Waals surface area contributed by atoms with Crippen molar-refractivity contribution in [1.82, 2.24) is 10.2 Å². The number of likely N-dealkylation sites (N-methyl/N-ethyl adjacent to an activating group) is 2. The Bertz CT molecular complexity index is 236. The first-order valence-corrected chi connectivity index (χ1v) is 4.88. The summed E-state index contributed by atoms with van der Waals surface area (Å²) in [4.78, 5) is 12.6. The van der Waals surface area contributed by atoms with E-state index in [1.165, 1.54) is 0 Å². The van der Waals surface area contributed by atoms with E-state index < -0.39 is 24.4 Å². The van der Waals surface area contributed by atoms with Gasteiger partial charge in [-0.1, -0.05) is 0 Å². The maximum atomic E-state index is 12.8. The number of hydrogen-bond donors (Lipinski definition) is 1. The van der Waals surface area contributed by atoms with Crippen LogP contribution in [0.4, 0.5) is 8.78 Å². The molecule has 0 aromatic heterocycles. The van der Waals surface area contributed by atoms with Crippen LogP contribution in [0, 0.1) is 0 Å². The number of carbonyl (C=O) groups excluding carboxylic acids is 1. The first kappa shape index (κ1) is 12.3. The maximum absolute atomic E-state index is 12.8. The lowest BCUT2D eigenvalue weighted by Gasteiger charge is -2.19. The van der Waals surface area contributed by atoms with E-state index in [4.69, 9.17) is 0 Å². The van der Waals surface area contributed by atoms with Crippen molar-refractivity contribution < 1.29 is 18.3 Å². The van der Waals surface area contributed by atoms with E-state index in [0.29, 0.717) is 6.54 Å². The highest BCUT2D eigenvalue weighted by Gasteiger charge is 2.50. The van der Waals surface area contributed by atoms with Crippen molar-refractivity contribution in [2.45, 2.75) is 18.4 Å². The molecule has 6 heteroatoms. The molecule has 1 fully saturated rings. The highest BCUT2D eigenvalue weighted by molar-refractivity contribution is 5.79. The Labute approximate surface area is 87.6 Å². The van der Waals surface area contributed by atoms with Crippen LogP contribution in [-0.4, -0.2) is 56.6 Å². The number of nitrogens with one attached hydrogen (secondary N) is 1. The molecule has 15 heavy (non-hydrogen) atoms. The average Bonchev–Trinajstić information content (AvgIpc) is 2.37. The fourth-order valence-electron chi connectivity index (χ4n) is 1.49. The molecule has 1 rings (SSSR count). The molecule has 1 atom stereocenters. The Morgan fingerprint density at radius 1 is 1.67 bits per heavy atom. The van der Waals surface area contributed by atoms with Crippen LogP contribution in [0.25, 0.3) is 0 Å². The molecule has 0 aliphatic carbocycles. The van der Waals surface area contributed by atoms with Gasteiger partial charge in [-0.2, -0.15) is 8.78 Å². The summed E-state index contributed by atoms with van der Waals surface area (Å²) in [6.45, 7) is 1.85. The van der Waals surface area contributed by atoms with E-state index in [-0.39, 0.29) is 0 Å². The van der Waals surface area contributed by atoms with E-state index in [1.54, 1.807) is 0 Å². The molecule has 0 bridgehead atoms. The lowest BCUT2D eigenvalue weighted by Crippen LogP contribution is -2.34. The molecule has 0 spiro atoms. The third-order valence-electron chi connectivity index (χ3n) is 2.32. The number of ether oxygens (including phenoxy) is 1. The van der Waals surface area contributed by atoms with Crippen molar-refractivity contribution in [1.29, 1.82) is 0 Å². The van der Waals surface area contributed by atoms with Crippen LogP contribution in [0.5, 0.6) is 0 Å². The van der Waals surface area contributed by atoms with Gasteiger partial charge >= 0.3 is 11.9 Å². The minimum Gasteiger partial charge on any atom is -0.456 e. The number of cyclic esters (lactones) is 1. The van der Waals surface area contributed by atoms with Crippen molar-refractivity contribution in [3.63, 3.8) is 0 Å². The summed E-state index contributed by atoms with van der Waals surface area (Å²) in [7, 11) is 3.62. The van der Waals surface area contributed by atoms with Crippen molar-refractivity contribution >= 4 is 5.97 Å². The zero-order chi connectivity index (χ0) is 11.5. The van der Waals surface area contributed by atoms with Gasteiger partial charge in [-0.05, 0) is 14.1 Å². The summed E-state index contributed by atoms with van der Waals surface area (Å²) in [6, 6.07) is 0. The van der Waals surface area contributed by atoms with Gasteiger partial charge in [-0.3, -0.25) is 0 Å². The van der Waals surface area contributed by atoms with Gasteiger partial charge in [0.2, 0.25) is 0 Å². The molecule has 1 heterocycles. The van der Waals surface area contributed by atoms with Gasteiger partial charge in [0.25, 0.3) is 0 Å². The van der Waals surface area contributed by atoms with Crippen LogP contribution in [-0.2, 0) is 9.53 Å². The van der Waals surface area contributed by atoms with E-state index in [9.17, 15) is 13.6 Å². The standard InChI is InChI=1S/C9H16F2N2O2/c1-12-3-4-13(2)6-7-5-9(10,11)8(14)15-7/h7,12H,3-6H2,1-2H3. The molecule has 4 nitrogen and oxygen atoms in total. The molecule has 0 amide bonds. The molecule has 1 aliphatic rings. The number of alkyl halides is 2. The second kappa shape index (κ2) is 4.85. The van der Waals surface area contributed by atoms with Crippen LogP contribution in [0.1, 0.15) is 6.42 Å². The van der Waals surface area contributed by atoms with Gasteiger partial charge in [0, 0.05) is 19.6 Å². The van der Waals surface area contributed by atoms with Crippen LogP contribution in [0.3, 0.4) is 0 Å². The second-order valence-corrected chi connectivity index (χ2v) is 3.80. The summed E-state index contributed by atoms with van der Waals surface area (Å²) in [5, 5.41) is 2.95. The van der Waals surface area contributed by atoms with Crippen molar-refractivity contribution in [3.8, 4) is 0 Å². The Balaban J connectivity index is 2.32. The Hall–Kier alpha value is -0.750. The minimum atomic E-state index is -3.30. The van der Waals surface area contributed by atoms with E-state index in [1.807, 2.05) is 19.0 Å². The fraction of sp³-hybridized carbons (Fsp3) is 0.889. The van der Waals surface area contributed by atoms with Gasteiger partial charge in [-0.15, -0.1) is 0 Å². The monoisotopic (exact) mass is 222 g/mol. The quantitative estimate of drug-likeness (QED) is 0.669. The molecule has 88 valence electrons. The number of esters is 1. The Morgan fingerprint density at radius 3 is 2.80 bits per heavy atom. The van der Waals surface area contributed by atoms with Crippen LogP contribution >= 0.6 is 0 Å². The average molecular weight is 222 g/mol. The molecule has 0 radical (unpaired) electrons. The van der Waals surface area contributed by atoms with E-state index in [2.05, 4.69) is 10.1 Å². The zero-order valence-corrected chi connectivity index (χ0v) is 8.93. The topological polar surface area (TPSA) is 41.6 Å².